The highest BCUT2D eigenvalue weighted by atomic mass is 79.9. The van der Waals surface area contributed by atoms with Crippen LogP contribution in [0.3, 0.4) is 0 Å². The molecule has 1 aliphatic rings. The summed E-state index contributed by atoms with van der Waals surface area (Å²) in [6, 6.07) is 11.1. The third-order valence-corrected chi connectivity index (χ3v) is 4.46. The van der Waals surface area contributed by atoms with Gasteiger partial charge in [-0.3, -0.25) is 0 Å². The van der Waals surface area contributed by atoms with Crippen molar-refractivity contribution in [3.05, 3.63) is 58.6 Å². The number of hydrogen-bond donors (Lipinski definition) is 1. The number of nitrogens with zero attached hydrogens (tertiary/aromatic N) is 2. The Labute approximate surface area is 147 Å². The third kappa shape index (κ3) is 3.84. The largest absolute Gasteiger partial charge is 0.368 e. The van der Waals surface area contributed by atoms with Gasteiger partial charge in [-0.25, -0.2) is 13.6 Å². The average molecular weight is 396 g/mol. The molecule has 0 bridgehead atoms. The van der Waals surface area contributed by atoms with E-state index < -0.39 is 11.6 Å². The van der Waals surface area contributed by atoms with E-state index in [1.165, 1.54) is 6.07 Å². The Bertz CT molecular complexity index is 731. The fourth-order valence-electron chi connectivity index (χ4n) is 2.59. The summed E-state index contributed by atoms with van der Waals surface area (Å²) in [5.74, 6) is -1.71. The molecule has 4 nitrogen and oxygen atoms in total. The summed E-state index contributed by atoms with van der Waals surface area (Å²) in [7, 11) is 0. The molecule has 1 saturated heterocycles. The van der Waals surface area contributed by atoms with Crippen molar-refractivity contribution in [3.8, 4) is 0 Å². The Hall–Kier alpha value is -2.15. The molecule has 1 aliphatic heterocycles. The van der Waals surface area contributed by atoms with Gasteiger partial charge in [0.2, 0.25) is 0 Å². The number of amides is 2. The highest BCUT2D eigenvalue weighted by Crippen LogP contribution is 2.20. The number of hydrogen-bond acceptors (Lipinski definition) is 2. The zero-order valence-electron chi connectivity index (χ0n) is 12.8. The molecule has 2 aromatic rings. The number of nitrogens with one attached hydrogen (secondary N) is 1. The molecule has 0 unspecified atom stereocenters. The number of rotatable bonds is 2. The van der Waals surface area contributed by atoms with Crippen LogP contribution in [0.2, 0.25) is 0 Å². The molecule has 2 aromatic carbocycles. The predicted molar refractivity (Wildman–Crippen MR) is 93.3 cm³/mol. The minimum absolute atomic E-state index is 0.165. The number of benzene rings is 2. The van der Waals surface area contributed by atoms with E-state index in [1.807, 2.05) is 29.2 Å². The van der Waals surface area contributed by atoms with E-state index in [2.05, 4.69) is 21.2 Å². The van der Waals surface area contributed by atoms with Gasteiger partial charge in [0.1, 0.15) is 0 Å². The maximum Gasteiger partial charge on any atom is 0.321 e. The first kappa shape index (κ1) is 16.7. The molecule has 0 radical (unpaired) electrons. The van der Waals surface area contributed by atoms with Crippen LogP contribution in [0.4, 0.5) is 25.0 Å². The van der Waals surface area contributed by atoms with Gasteiger partial charge in [0.25, 0.3) is 0 Å². The summed E-state index contributed by atoms with van der Waals surface area (Å²) >= 11 is 3.35. The van der Waals surface area contributed by atoms with Crippen molar-refractivity contribution in [2.75, 3.05) is 36.4 Å². The SMILES string of the molecule is O=C(Nc1ccc(Br)cc1)N1CCN(c2ccc(F)c(F)c2)CC1. The maximum absolute atomic E-state index is 13.3. The van der Waals surface area contributed by atoms with E-state index in [4.69, 9.17) is 0 Å². The summed E-state index contributed by atoms with van der Waals surface area (Å²) in [5.41, 5.74) is 1.35. The molecule has 1 fully saturated rings. The zero-order chi connectivity index (χ0) is 17.1. The van der Waals surface area contributed by atoms with Gasteiger partial charge in [-0.1, -0.05) is 15.9 Å². The predicted octanol–water partition coefficient (Wildman–Crippen LogP) is 4.08. The molecule has 2 amide bonds. The van der Waals surface area contributed by atoms with Crippen LogP contribution in [0.5, 0.6) is 0 Å². The van der Waals surface area contributed by atoms with Crippen LogP contribution in [0, 0.1) is 11.6 Å². The summed E-state index contributed by atoms with van der Waals surface area (Å²) in [4.78, 5) is 15.9. The van der Waals surface area contributed by atoms with Crippen molar-refractivity contribution in [1.29, 1.82) is 0 Å². The summed E-state index contributed by atoms with van der Waals surface area (Å²) in [5, 5.41) is 2.85. The van der Waals surface area contributed by atoms with Gasteiger partial charge in [-0.05, 0) is 36.4 Å². The Morgan fingerprint density at radius 3 is 2.25 bits per heavy atom. The molecule has 0 atom stereocenters. The number of anilines is 2. The lowest BCUT2D eigenvalue weighted by molar-refractivity contribution is 0.208. The number of piperazine rings is 1. The minimum Gasteiger partial charge on any atom is -0.368 e. The number of carbonyl (C=O) groups is 1. The quantitative estimate of drug-likeness (QED) is 0.831. The lowest BCUT2D eigenvalue weighted by Gasteiger charge is -2.36. The first-order valence-electron chi connectivity index (χ1n) is 7.54. The zero-order valence-corrected chi connectivity index (χ0v) is 14.4. The van der Waals surface area contributed by atoms with Crippen molar-refractivity contribution in [3.63, 3.8) is 0 Å². The van der Waals surface area contributed by atoms with Crippen LogP contribution < -0.4 is 10.2 Å². The van der Waals surface area contributed by atoms with E-state index >= 15 is 0 Å². The molecule has 24 heavy (non-hydrogen) atoms. The Kier molecular flexibility index (Phi) is 4.99. The van der Waals surface area contributed by atoms with Crippen molar-refractivity contribution >= 4 is 33.3 Å². The summed E-state index contributed by atoms with van der Waals surface area (Å²) in [6.45, 7) is 2.17. The van der Waals surface area contributed by atoms with E-state index in [0.717, 1.165) is 16.2 Å². The minimum atomic E-state index is -0.858. The lowest BCUT2D eigenvalue weighted by Crippen LogP contribution is -2.50. The van der Waals surface area contributed by atoms with Gasteiger partial charge in [0, 0.05) is 48.1 Å². The van der Waals surface area contributed by atoms with Gasteiger partial charge >= 0.3 is 6.03 Å². The number of carbonyl (C=O) groups excluding carboxylic acids is 1. The second kappa shape index (κ2) is 7.17. The highest BCUT2D eigenvalue weighted by Gasteiger charge is 2.22. The van der Waals surface area contributed by atoms with Crippen LogP contribution in [-0.2, 0) is 0 Å². The molecule has 3 rings (SSSR count). The summed E-state index contributed by atoms with van der Waals surface area (Å²) in [6.07, 6.45) is 0. The van der Waals surface area contributed by atoms with E-state index in [1.54, 1.807) is 11.0 Å². The third-order valence-electron chi connectivity index (χ3n) is 3.93. The normalized spacial score (nSPS) is 14.6. The van der Waals surface area contributed by atoms with Crippen LogP contribution in [0.15, 0.2) is 46.9 Å². The lowest BCUT2D eigenvalue weighted by atomic mass is 10.2. The first-order valence-corrected chi connectivity index (χ1v) is 8.34. The maximum atomic E-state index is 13.3. The molecule has 0 aromatic heterocycles. The molecular weight excluding hydrogens is 380 g/mol. The van der Waals surface area contributed by atoms with Crippen LogP contribution >= 0.6 is 15.9 Å². The second-order valence-electron chi connectivity index (χ2n) is 5.51. The van der Waals surface area contributed by atoms with Crippen LogP contribution in [0.25, 0.3) is 0 Å². The molecule has 0 spiro atoms. The van der Waals surface area contributed by atoms with Gasteiger partial charge in [0.15, 0.2) is 11.6 Å². The highest BCUT2D eigenvalue weighted by molar-refractivity contribution is 9.10. The first-order chi connectivity index (χ1) is 11.5. The Balaban J connectivity index is 1.57. The summed E-state index contributed by atoms with van der Waals surface area (Å²) < 4.78 is 27.3. The smallest absolute Gasteiger partial charge is 0.321 e. The molecule has 1 N–H and O–H groups in total. The van der Waals surface area contributed by atoms with Crippen molar-refractivity contribution in [2.45, 2.75) is 0 Å². The molecular formula is C17H16BrF2N3O. The molecule has 0 aliphatic carbocycles. The van der Waals surface area contributed by atoms with Gasteiger partial charge in [-0.15, -0.1) is 0 Å². The van der Waals surface area contributed by atoms with Crippen molar-refractivity contribution in [1.82, 2.24) is 4.90 Å². The second-order valence-corrected chi connectivity index (χ2v) is 6.43. The van der Waals surface area contributed by atoms with Gasteiger partial charge in [0.05, 0.1) is 0 Å². The topological polar surface area (TPSA) is 35.6 Å². The fourth-order valence-corrected chi connectivity index (χ4v) is 2.85. The van der Waals surface area contributed by atoms with E-state index in [-0.39, 0.29) is 6.03 Å². The van der Waals surface area contributed by atoms with E-state index in [0.29, 0.717) is 31.9 Å². The fraction of sp³-hybridized carbons (Fsp3) is 0.235. The Morgan fingerprint density at radius 1 is 0.958 bits per heavy atom. The Morgan fingerprint density at radius 2 is 1.62 bits per heavy atom. The van der Waals surface area contributed by atoms with Gasteiger partial charge in [-0.2, -0.15) is 0 Å². The molecule has 126 valence electrons. The molecule has 7 heteroatoms. The number of halogens is 3. The van der Waals surface area contributed by atoms with Gasteiger partial charge < -0.3 is 15.1 Å². The van der Waals surface area contributed by atoms with Crippen LogP contribution in [-0.4, -0.2) is 37.1 Å². The molecule has 1 heterocycles. The standard InChI is InChI=1S/C17H16BrF2N3O/c18-12-1-3-13(4-2-12)21-17(24)23-9-7-22(8-10-23)14-5-6-15(19)16(20)11-14/h1-6,11H,7-10H2,(H,21,24). The number of urea groups is 1. The van der Waals surface area contributed by atoms with Crippen molar-refractivity contribution in [2.24, 2.45) is 0 Å². The van der Waals surface area contributed by atoms with E-state index in [9.17, 15) is 13.6 Å². The van der Waals surface area contributed by atoms with Crippen LogP contribution in [0.1, 0.15) is 0 Å². The average Bonchev–Trinajstić information content (AvgIpc) is 2.59. The monoisotopic (exact) mass is 395 g/mol. The van der Waals surface area contributed by atoms with Crippen molar-refractivity contribution < 1.29 is 13.6 Å². The molecule has 0 saturated carbocycles.